The van der Waals surface area contributed by atoms with Crippen LogP contribution in [0.4, 0.5) is 5.69 Å². The van der Waals surface area contributed by atoms with Crippen molar-refractivity contribution in [3.8, 4) is 0 Å². The Morgan fingerprint density at radius 3 is 2.67 bits per heavy atom. The molecule has 108 valence electrons. The molecular weight excluding hydrogens is 300 g/mol. The summed E-state index contributed by atoms with van der Waals surface area (Å²) in [6.07, 6.45) is 3.20. The fourth-order valence-electron chi connectivity index (χ4n) is 2.94. The molecule has 3 rings (SSSR count). The summed E-state index contributed by atoms with van der Waals surface area (Å²) in [6.45, 7) is 0. The van der Waals surface area contributed by atoms with Crippen molar-refractivity contribution in [3.05, 3.63) is 64.2 Å². The minimum Gasteiger partial charge on any atom is -0.389 e. The molecule has 1 aliphatic rings. The Morgan fingerprint density at radius 1 is 1.14 bits per heavy atom. The Bertz CT molecular complexity index is 684. The molecule has 0 saturated carbocycles. The van der Waals surface area contributed by atoms with Crippen molar-refractivity contribution in [1.29, 1.82) is 0 Å². The van der Waals surface area contributed by atoms with Crippen LogP contribution < -0.4 is 11.1 Å². The van der Waals surface area contributed by atoms with Gasteiger partial charge in [-0.25, -0.2) is 0 Å². The first-order chi connectivity index (χ1) is 10.1. The molecule has 3 N–H and O–H groups in total. The van der Waals surface area contributed by atoms with E-state index in [1.165, 1.54) is 11.1 Å². The van der Waals surface area contributed by atoms with Gasteiger partial charge in [0.05, 0.1) is 10.6 Å². The lowest BCUT2D eigenvalue weighted by molar-refractivity contribution is 0.611. The summed E-state index contributed by atoms with van der Waals surface area (Å²) in [6, 6.07) is 14.7. The van der Waals surface area contributed by atoms with Gasteiger partial charge in [-0.1, -0.05) is 54.2 Å². The van der Waals surface area contributed by atoms with Gasteiger partial charge in [-0.15, -0.1) is 0 Å². The molecular formula is C17H17ClN2S. The van der Waals surface area contributed by atoms with Crippen LogP contribution in [0.1, 0.15) is 23.1 Å². The third-order valence-corrected chi connectivity index (χ3v) is 4.49. The lowest BCUT2D eigenvalue weighted by Crippen LogP contribution is -2.28. The van der Waals surface area contributed by atoms with Crippen molar-refractivity contribution < 1.29 is 0 Å². The first-order valence-corrected chi connectivity index (χ1v) is 7.85. The SMILES string of the molecule is NC(=S)c1c(Cl)cccc1NC1CCc2ccccc2C1. The second-order valence-corrected chi connectivity index (χ2v) is 6.23. The Labute approximate surface area is 135 Å². The van der Waals surface area contributed by atoms with Gasteiger partial charge in [-0.05, 0) is 42.5 Å². The first-order valence-electron chi connectivity index (χ1n) is 7.07. The Balaban J connectivity index is 1.83. The number of rotatable bonds is 3. The van der Waals surface area contributed by atoms with E-state index in [2.05, 4.69) is 29.6 Å². The molecule has 1 atom stereocenters. The van der Waals surface area contributed by atoms with Gasteiger partial charge in [0.25, 0.3) is 0 Å². The maximum Gasteiger partial charge on any atom is 0.107 e. The lowest BCUT2D eigenvalue weighted by atomic mass is 9.88. The highest BCUT2D eigenvalue weighted by molar-refractivity contribution is 7.80. The van der Waals surface area contributed by atoms with Crippen molar-refractivity contribution in [2.75, 3.05) is 5.32 Å². The summed E-state index contributed by atoms with van der Waals surface area (Å²) < 4.78 is 0. The number of aryl methyl sites for hydroxylation is 1. The molecule has 4 heteroatoms. The Morgan fingerprint density at radius 2 is 1.90 bits per heavy atom. The standard InChI is InChI=1S/C17H17ClN2S/c18-14-6-3-7-15(16(14)17(19)21)20-13-9-8-11-4-1-2-5-12(11)10-13/h1-7,13,20H,8-10H2,(H2,19,21). The van der Waals surface area contributed by atoms with Crippen LogP contribution in [0.2, 0.25) is 5.02 Å². The molecule has 0 aromatic heterocycles. The molecule has 0 aliphatic heterocycles. The van der Waals surface area contributed by atoms with Crippen molar-refractivity contribution >= 4 is 34.5 Å². The van der Waals surface area contributed by atoms with Gasteiger partial charge in [0, 0.05) is 11.7 Å². The summed E-state index contributed by atoms with van der Waals surface area (Å²) in [5, 5.41) is 4.16. The zero-order valence-electron chi connectivity index (χ0n) is 11.6. The summed E-state index contributed by atoms with van der Waals surface area (Å²) >= 11 is 11.3. The van der Waals surface area contributed by atoms with Gasteiger partial charge in [-0.3, -0.25) is 0 Å². The fraction of sp³-hybridized carbons (Fsp3) is 0.235. The Kier molecular flexibility index (Phi) is 4.13. The van der Waals surface area contributed by atoms with E-state index in [9.17, 15) is 0 Å². The van der Waals surface area contributed by atoms with Crippen LogP contribution in [-0.2, 0) is 12.8 Å². The molecule has 0 heterocycles. The van der Waals surface area contributed by atoms with Gasteiger partial charge in [0.15, 0.2) is 0 Å². The quantitative estimate of drug-likeness (QED) is 0.842. The van der Waals surface area contributed by atoms with Crippen molar-refractivity contribution in [2.24, 2.45) is 5.73 Å². The van der Waals surface area contributed by atoms with Crippen molar-refractivity contribution in [3.63, 3.8) is 0 Å². The van der Waals surface area contributed by atoms with Crippen molar-refractivity contribution in [2.45, 2.75) is 25.3 Å². The van der Waals surface area contributed by atoms with Gasteiger partial charge in [0.2, 0.25) is 0 Å². The van der Waals surface area contributed by atoms with E-state index in [0.29, 0.717) is 16.1 Å². The number of hydrogen-bond donors (Lipinski definition) is 2. The summed E-state index contributed by atoms with van der Waals surface area (Å²) in [5.41, 5.74) is 10.3. The largest absolute Gasteiger partial charge is 0.389 e. The molecule has 0 spiro atoms. The van der Waals surface area contributed by atoms with E-state index in [1.807, 2.05) is 18.2 Å². The summed E-state index contributed by atoms with van der Waals surface area (Å²) in [5.74, 6) is 0. The molecule has 1 unspecified atom stereocenters. The van der Waals surface area contributed by atoms with Crippen LogP contribution in [0.5, 0.6) is 0 Å². The minimum absolute atomic E-state index is 0.333. The number of fused-ring (bicyclic) bond motifs is 1. The molecule has 1 aliphatic carbocycles. The molecule has 2 aromatic carbocycles. The number of hydrogen-bond acceptors (Lipinski definition) is 2. The molecule has 0 saturated heterocycles. The maximum absolute atomic E-state index is 6.22. The van der Waals surface area contributed by atoms with Crippen molar-refractivity contribution in [1.82, 2.24) is 0 Å². The Hall–Kier alpha value is -1.58. The number of thiocarbonyl (C=S) groups is 1. The maximum atomic E-state index is 6.22. The predicted molar refractivity (Wildman–Crippen MR) is 93.2 cm³/mol. The molecule has 0 amide bonds. The smallest absolute Gasteiger partial charge is 0.107 e. The highest BCUT2D eigenvalue weighted by atomic mass is 35.5. The normalized spacial score (nSPS) is 17.1. The topological polar surface area (TPSA) is 38.0 Å². The summed E-state index contributed by atoms with van der Waals surface area (Å²) in [7, 11) is 0. The van der Waals surface area contributed by atoms with Crippen LogP contribution in [0.3, 0.4) is 0 Å². The zero-order chi connectivity index (χ0) is 14.8. The number of halogens is 1. The number of nitrogens with one attached hydrogen (secondary N) is 1. The van der Waals surface area contributed by atoms with E-state index in [4.69, 9.17) is 29.6 Å². The molecule has 0 bridgehead atoms. The number of anilines is 1. The van der Waals surface area contributed by atoms with E-state index in [0.717, 1.165) is 30.5 Å². The molecule has 2 nitrogen and oxygen atoms in total. The van der Waals surface area contributed by atoms with Crippen LogP contribution in [-0.4, -0.2) is 11.0 Å². The lowest BCUT2D eigenvalue weighted by Gasteiger charge is -2.27. The molecule has 21 heavy (non-hydrogen) atoms. The number of nitrogens with two attached hydrogens (primary N) is 1. The first kappa shape index (κ1) is 14.4. The highest BCUT2D eigenvalue weighted by Crippen LogP contribution is 2.28. The fourth-order valence-corrected chi connectivity index (χ4v) is 3.49. The zero-order valence-corrected chi connectivity index (χ0v) is 13.2. The van der Waals surface area contributed by atoms with Crippen LogP contribution in [0, 0.1) is 0 Å². The van der Waals surface area contributed by atoms with Crippen LogP contribution in [0.25, 0.3) is 0 Å². The second kappa shape index (κ2) is 6.04. The molecule has 0 fully saturated rings. The van der Waals surface area contributed by atoms with Gasteiger partial charge in [0.1, 0.15) is 4.99 Å². The third kappa shape index (κ3) is 3.04. The van der Waals surface area contributed by atoms with Gasteiger partial charge >= 0.3 is 0 Å². The van der Waals surface area contributed by atoms with Crippen LogP contribution >= 0.6 is 23.8 Å². The predicted octanol–water partition coefficient (Wildman–Crippen LogP) is 3.94. The second-order valence-electron chi connectivity index (χ2n) is 5.38. The van der Waals surface area contributed by atoms with E-state index in [-0.39, 0.29) is 0 Å². The summed E-state index contributed by atoms with van der Waals surface area (Å²) in [4.78, 5) is 0.333. The molecule has 0 radical (unpaired) electrons. The van der Waals surface area contributed by atoms with Crippen LogP contribution in [0.15, 0.2) is 42.5 Å². The number of benzene rings is 2. The average molecular weight is 317 g/mol. The highest BCUT2D eigenvalue weighted by Gasteiger charge is 2.19. The van der Waals surface area contributed by atoms with E-state index >= 15 is 0 Å². The average Bonchev–Trinajstić information content (AvgIpc) is 2.47. The minimum atomic E-state index is 0.333. The van der Waals surface area contributed by atoms with Gasteiger partial charge in [-0.2, -0.15) is 0 Å². The monoisotopic (exact) mass is 316 g/mol. The van der Waals surface area contributed by atoms with E-state index in [1.54, 1.807) is 0 Å². The third-order valence-electron chi connectivity index (χ3n) is 3.97. The van der Waals surface area contributed by atoms with E-state index < -0.39 is 0 Å². The molecule has 2 aromatic rings. The van der Waals surface area contributed by atoms with Gasteiger partial charge < -0.3 is 11.1 Å².